The zero-order chi connectivity index (χ0) is 11.5. The molecule has 1 heterocycles. The molecule has 5 nitrogen and oxygen atoms in total. The van der Waals surface area contributed by atoms with Crippen molar-refractivity contribution in [1.82, 2.24) is 0 Å². The molecule has 1 aromatic rings. The third-order valence-corrected chi connectivity index (χ3v) is 2.61. The van der Waals surface area contributed by atoms with Crippen LogP contribution in [0.15, 0.2) is 24.3 Å². The van der Waals surface area contributed by atoms with E-state index in [4.69, 9.17) is 4.74 Å². The Bertz CT molecular complexity index is 412. The van der Waals surface area contributed by atoms with Crippen LogP contribution in [0.5, 0.6) is 0 Å². The zero-order valence-corrected chi connectivity index (χ0v) is 8.59. The molecule has 1 aliphatic rings. The summed E-state index contributed by atoms with van der Waals surface area (Å²) in [6, 6.07) is 6.40. The summed E-state index contributed by atoms with van der Waals surface area (Å²) in [6.07, 6.45) is 1.17. The summed E-state index contributed by atoms with van der Waals surface area (Å²) in [5.74, 6) is 0.0425. The lowest BCUT2D eigenvalue weighted by Gasteiger charge is -2.05. The van der Waals surface area contributed by atoms with Gasteiger partial charge in [0.25, 0.3) is 5.69 Å². The van der Waals surface area contributed by atoms with Crippen molar-refractivity contribution >= 4 is 11.7 Å². The lowest BCUT2D eigenvalue weighted by Crippen LogP contribution is -2.03. The van der Waals surface area contributed by atoms with E-state index >= 15 is 0 Å². The molecule has 0 amide bonds. The number of non-ortho nitro benzene ring substituents is 1. The molecule has 0 saturated carbocycles. The fourth-order valence-electron chi connectivity index (χ4n) is 1.78. The minimum Gasteiger partial charge on any atom is -0.465 e. The van der Waals surface area contributed by atoms with E-state index in [0.717, 1.165) is 12.0 Å². The molecule has 1 aliphatic heterocycles. The minimum atomic E-state index is -0.425. The maximum absolute atomic E-state index is 10.9. The summed E-state index contributed by atoms with van der Waals surface area (Å²) >= 11 is 0. The Balaban J connectivity index is 2.00. The average molecular weight is 221 g/mol. The molecule has 5 heteroatoms. The highest BCUT2D eigenvalue weighted by atomic mass is 16.6. The van der Waals surface area contributed by atoms with Gasteiger partial charge in [-0.1, -0.05) is 12.1 Å². The fourth-order valence-corrected chi connectivity index (χ4v) is 1.78. The maximum atomic E-state index is 10.9. The minimum absolute atomic E-state index is 0.0856. The molecule has 16 heavy (non-hydrogen) atoms. The van der Waals surface area contributed by atoms with Crippen molar-refractivity contribution in [3.8, 4) is 0 Å². The number of cyclic esters (lactones) is 1. The van der Waals surface area contributed by atoms with Gasteiger partial charge in [-0.25, -0.2) is 0 Å². The molecule has 0 aliphatic carbocycles. The largest absolute Gasteiger partial charge is 0.465 e. The molecule has 0 radical (unpaired) electrons. The summed E-state index contributed by atoms with van der Waals surface area (Å²) in [5.41, 5.74) is 1.08. The molecule has 0 spiro atoms. The first-order valence-corrected chi connectivity index (χ1v) is 5.04. The van der Waals surface area contributed by atoms with E-state index < -0.39 is 4.92 Å². The second kappa shape index (κ2) is 4.30. The van der Waals surface area contributed by atoms with Crippen LogP contribution in [-0.2, 0) is 16.0 Å². The van der Waals surface area contributed by atoms with Crippen LogP contribution < -0.4 is 0 Å². The number of hydrogen-bond acceptors (Lipinski definition) is 4. The van der Waals surface area contributed by atoms with Gasteiger partial charge in [0.2, 0.25) is 0 Å². The second-order valence-electron chi connectivity index (χ2n) is 3.88. The van der Waals surface area contributed by atoms with Crippen LogP contribution in [0.2, 0.25) is 0 Å². The van der Waals surface area contributed by atoms with Crippen molar-refractivity contribution in [3.05, 3.63) is 39.9 Å². The average Bonchev–Trinajstić information content (AvgIpc) is 2.65. The number of benzene rings is 1. The van der Waals surface area contributed by atoms with Gasteiger partial charge in [0.05, 0.1) is 18.0 Å². The normalized spacial score (nSPS) is 19.5. The van der Waals surface area contributed by atoms with Crippen LogP contribution in [-0.4, -0.2) is 17.5 Å². The first-order chi connectivity index (χ1) is 7.65. The Kier molecular flexibility index (Phi) is 2.85. The number of nitro groups is 1. The van der Waals surface area contributed by atoms with E-state index in [1.165, 1.54) is 12.1 Å². The Morgan fingerprint density at radius 3 is 2.56 bits per heavy atom. The van der Waals surface area contributed by atoms with Gasteiger partial charge in [0, 0.05) is 18.1 Å². The van der Waals surface area contributed by atoms with Gasteiger partial charge in [0.1, 0.15) is 0 Å². The molecule has 1 aromatic carbocycles. The van der Waals surface area contributed by atoms with Gasteiger partial charge < -0.3 is 4.74 Å². The Labute approximate surface area is 92.2 Å². The molecule has 0 bridgehead atoms. The molecule has 0 aromatic heterocycles. The van der Waals surface area contributed by atoms with Crippen LogP contribution in [0, 0.1) is 16.0 Å². The first-order valence-electron chi connectivity index (χ1n) is 5.04. The van der Waals surface area contributed by atoms with Gasteiger partial charge in [-0.3, -0.25) is 14.9 Å². The van der Waals surface area contributed by atoms with E-state index in [1.807, 2.05) is 0 Å². The van der Waals surface area contributed by atoms with E-state index in [2.05, 4.69) is 0 Å². The van der Waals surface area contributed by atoms with Gasteiger partial charge in [0.15, 0.2) is 0 Å². The Morgan fingerprint density at radius 2 is 2.06 bits per heavy atom. The van der Waals surface area contributed by atoms with Gasteiger partial charge in [-0.15, -0.1) is 0 Å². The predicted molar refractivity (Wildman–Crippen MR) is 55.9 cm³/mol. The van der Waals surface area contributed by atoms with Crippen LogP contribution in [0.4, 0.5) is 5.69 Å². The topological polar surface area (TPSA) is 69.4 Å². The van der Waals surface area contributed by atoms with Crippen molar-refractivity contribution in [1.29, 1.82) is 0 Å². The number of ether oxygens (including phenoxy) is 1. The van der Waals surface area contributed by atoms with Crippen molar-refractivity contribution in [2.75, 3.05) is 6.61 Å². The summed E-state index contributed by atoms with van der Waals surface area (Å²) in [6.45, 7) is 0.454. The molecule has 0 N–H and O–H groups in total. The predicted octanol–water partition coefficient (Wildman–Crippen LogP) is 1.70. The Morgan fingerprint density at radius 1 is 1.38 bits per heavy atom. The third-order valence-electron chi connectivity index (χ3n) is 2.61. The van der Waals surface area contributed by atoms with E-state index in [1.54, 1.807) is 12.1 Å². The standard InChI is InChI=1S/C11H11NO4/c13-11-6-9(7-16-11)5-8-1-3-10(4-2-8)12(14)15/h1-4,9H,5-7H2/t9-/m0/s1. The fraction of sp³-hybridized carbons (Fsp3) is 0.364. The van der Waals surface area contributed by atoms with E-state index in [9.17, 15) is 14.9 Å². The molecular weight excluding hydrogens is 210 g/mol. The van der Waals surface area contributed by atoms with Crippen molar-refractivity contribution in [2.24, 2.45) is 5.92 Å². The highest BCUT2D eigenvalue weighted by Gasteiger charge is 2.23. The van der Waals surface area contributed by atoms with Gasteiger partial charge in [-0.2, -0.15) is 0 Å². The number of esters is 1. The van der Waals surface area contributed by atoms with Crippen LogP contribution >= 0.6 is 0 Å². The molecule has 84 valence electrons. The van der Waals surface area contributed by atoms with Crippen molar-refractivity contribution < 1.29 is 14.5 Å². The van der Waals surface area contributed by atoms with Gasteiger partial charge >= 0.3 is 5.97 Å². The number of carbonyl (C=O) groups excluding carboxylic acids is 1. The third kappa shape index (κ3) is 2.36. The second-order valence-corrected chi connectivity index (χ2v) is 3.88. The number of hydrogen-bond donors (Lipinski definition) is 0. The number of nitro benzene ring substituents is 1. The Hall–Kier alpha value is -1.91. The van der Waals surface area contributed by atoms with Crippen LogP contribution in [0.25, 0.3) is 0 Å². The number of rotatable bonds is 3. The van der Waals surface area contributed by atoms with Crippen molar-refractivity contribution in [3.63, 3.8) is 0 Å². The highest BCUT2D eigenvalue weighted by molar-refractivity contribution is 5.71. The molecule has 1 atom stereocenters. The number of nitrogens with zero attached hydrogens (tertiary/aromatic N) is 1. The molecule has 1 saturated heterocycles. The summed E-state index contributed by atoms with van der Waals surface area (Å²) in [5, 5.41) is 10.4. The monoisotopic (exact) mass is 221 g/mol. The molecular formula is C11H11NO4. The summed E-state index contributed by atoms with van der Waals surface area (Å²) in [7, 11) is 0. The summed E-state index contributed by atoms with van der Waals surface area (Å²) in [4.78, 5) is 20.9. The quantitative estimate of drug-likeness (QED) is 0.442. The smallest absolute Gasteiger partial charge is 0.306 e. The van der Waals surface area contributed by atoms with E-state index in [-0.39, 0.29) is 17.6 Å². The lowest BCUT2D eigenvalue weighted by atomic mass is 9.98. The van der Waals surface area contributed by atoms with E-state index in [0.29, 0.717) is 13.0 Å². The van der Waals surface area contributed by atoms with Crippen LogP contribution in [0.3, 0.4) is 0 Å². The SMILES string of the molecule is O=C1C[C@H](Cc2ccc([N+](=O)[O-])cc2)CO1. The molecule has 1 fully saturated rings. The lowest BCUT2D eigenvalue weighted by molar-refractivity contribution is -0.384. The number of carbonyl (C=O) groups is 1. The zero-order valence-electron chi connectivity index (χ0n) is 8.59. The summed E-state index contributed by atoms with van der Waals surface area (Å²) < 4.78 is 4.85. The highest BCUT2D eigenvalue weighted by Crippen LogP contribution is 2.20. The van der Waals surface area contributed by atoms with Gasteiger partial charge in [-0.05, 0) is 12.0 Å². The van der Waals surface area contributed by atoms with Crippen LogP contribution in [0.1, 0.15) is 12.0 Å². The van der Waals surface area contributed by atoms with Crippen molar-refractivity contribution in [2.45, 2.75) is 12.8 Å². The first kappa shape index (κ1) is 10.6. The molecule has 0 unspecified atom stereocenters. The molecule has 2 rings (SSSR count). The maximum Gasteiger partial charge on any atom is 0.306 e.